The summed E-state index contributed by atoms with van der Waals surface area (Å²) in [6.45, 7) is 20.0. The minimum Gasteiger partial charge on any atom is -0.358 e. The topological polar surface area (TPSA) is 0 Å². The van der Waals surface area contributed by atoms with Crippen LogP contribution >= 0.6 is 0 Å². The van der Waals surface area contributed by atoms with Gasteiger partial charge in [0.05, 0.1) is 10.9 Å². The molecule has 0 bridgehead atoms. The van der Waals surface area contributed by atoms with Crippen molar-refractivity contribution in [2.24, 2.45) is 0 Å². The van der Waals surface area contributed by atoms with Crippen LogP contribution in [0.4, 0.5) is 0 Å². The first-order valence-electron chi connectivity index (χ1n) is 15.5. The second-order valence-electron chi connectivity index (χ2n) is 6.93. The zero-order chi connectivity index (χ0) is 31.8. The maximum absolute atomic E-state index is 2.21. The number of benzene rings is 5. The molecule has 0 N–H and O–H groups in total. The molecule has 0 atom stereocenters. The van der Waals surface area contributed by atoms with Gasteiger partial charge in [-0.25, -0.2) is 0 Å². The third kappa shape index (κ3) is 19.2. The van der Waals surface area contributed by atoms with E-state index in [9.17, 15) is 0 Å². The summed E-state index contributed by atoms with van der Waals surface area (Å²) in [5, 5.41) is 0. The Kier molecular flexibility index (Phi) is 34.9. The van der Waals surface area contributed by atoms with Gasteiger partial charge in [-0.1, -0.05) is 160 Å². The van der Waals surface area contributed by atoms with Gasteiger partial charge in [0, 0.05) is 0 Å². The molecule has 0 fully saturated rings. The van der Waals surface area contributed by atoms with Crippen molar-refractivity contribution in [3.05, 3.63) is 166 Å². The molecule has 5 aromatic rings. The monoisotopic (exact) mass is 709 g/mol. The van der Waals surface area contributed by atoms with Crippen molar-refractivity contribution in [3.63, 3.8) is 0 Å². The molecule has 5 rings (SSSR count). The van der Waals surface area contributed by atoms with Crippen LogP contribution in [0.2, 0.25) is 0 Å². The molecule has 2 heteroatoms. The van der Waals surface area contributed by atoms with Crippen molar-refractivity contribution in [1.29, 1.82) is 0 Å². The molecule has 0 amide bonds. The molecule has 0 aliphatic carbocycles. The van der Waals surface area contributed by atoms with E-state index in [0.717, 1.165) is 0 Å². The van der Waals surface area contributed by atoms with Gasteiger partial charge in [0.2, 0.25) is 0 Å². The average Bonchev–Trinajstić information content (AvgIpc) is 3.12. The molecule has 234 valence electrons. The summed E-state index contributed by atoms with van der Waals surface area (Å²) in [5.74, 6) is 0. The van der Waals surface area contributed by atoms with E-state index in [-0.39, 0.29) is 39.5 Å². The third-order valence-corrected chi connectivity index (χ3v) is 9.54. The van der Waals surface area contributed by atoms with Gasteiger partial charge in [-0.05, 0) is 60.7 Å². The van der Waals surface area contributed by atoms with Crippen LogP contribution < -0.4 is 21.2 Å². The predicted octanol–water partition coefficient (Wildman–Crippen LogP) is 10.2. The molecule has 0 spiro atoms. The van der Waals surface area contributed by atoms with Crippen molar-refractivity contribution in [2.45, 2.75) is 83.9 Å². The van der Waals surface area contributed by atoms with Gasteiger partial charge in [-0.15, -0.1) is 0 Å². The van der Waals surface area contributed by atoms with Crippen LogP contribution in [0.3, 0.4) is 0 Å². The molecule has 5 aromatic carbocycles. The highest BCUT2D eigenvalue weighted by atomic mass is 127. The van der Waals surface area contributed by atoms with Gasteiger partial charge in [0.25, 0.3) is 0 Å². The maximum Gasteiger partial charge on any atom is 0.357 e. The summed E-state index contributed by atoms with van der Waals surface area (Å²) in [6.07, 6.45) is 0. The van der Waals surface area contributed by atoms with E-state index in [1.54, 1.807) is 0 Å². The first-order chi connectivity index (χ1) is 20.9. The van der Waals surface area contributed by atoms with Crippen LogP contribution in [0.25, 0.3) is 0 Å². The smallest absolute Gasteiger partial charge is 0.357 e. The van der Waals surface area contributed by atoms with Crippen LogP contribution in [0.1, 0.15) is 69.2 Å². The lowest BCUT2D eigenvalue weighted by Gasteiger charge is -2.07. The summed E-state index contributed by atoms with van der Waals surface area (Å²) >= 11 is 0.0287. The van der Waals surface area contributed by atoms with Crippen LogP contribution in [-0.4, -0.2) is 0 Å². The maximum atomic E-state index is 2.21. The number of hydrogen-bond donors (Lipinski definition) is 0. The highest BCUT2D eigenvalue weighted by molar-refractivity contribution is 7.97. The second-order valence-corrected chi connectivity index (χ2v) is 12.0. The normalized spacial score (nSPS) is 8.35. The molecule has 0 heterocycles. The van der Waals surface area contributed by atoms with Crippen molar-refractivity contribution in [1.82, 2.24) is 0 Å². The Hall–Kier alpha value is -2.82. The SMILES string of the molecule is CC.CC.CC.CC.CC.[CH3-].c1ccc([I+]c2ccccc2)cc1.c1ccc([S+](c2ccccc2)c2ccccc2)cc1. The highest BCUT2D eigenvalue weighted by Gasteiger charge is 2.27. The Morgan fingerprint density at radius 1 is 0.302 bits per heavy atom. The van der Waals surface area contributed by atoms with Gasteiger partial charge < -0.3 is 7.43 Å². The summed E-state index contributed by atoms with van der Waals surface area (Å²) in [7, 11) is -0.0146. The molecule has 43 heavy (non-hydrogen) atoms. The average molecular weight is 710 g/mol. The molecule has 0 aliphatic heterocycles. The largest absolute Gasteiger partial charge is 0.358 e. The number of halogens is 1. The van der Waals surface area contributed by atoms with Crippen LogP contribution in [0, 0.1) is 14.6 Å². The molecule has 0 aliphatic rings. The van der Waals surface area contributed by atoms with Gasteiger partial charge in [-0.2, -0.15) is 0 Å². The predicted molar refractivity (Wildman–Crippen MR) is 195 cm³/mol. The Morgan fingerprint density at radius 3 is 0.698 bits per heavy atom. The second kappa shape index (κ2) is 33.7. The zero-order valence-corrected chi connectivity index (χ0v) is 31.7. The van der Waals surface area contributed by atoms with Crippen molar-refractivity contribution in [2.75, 3.05) is 0 Å². The standard InChI is InChI=1S/C18H15S.C12H10I.5C2H6.CH3/c1-4-10-16(11-5-1)19(17-12-6-2-7-13-17)18-14-8-3-9-15-18;1-3-7-11(8-4-1)13-12-9-5-2-6-10-12;5*1-2;/h1-15H;1-10H;5*1-2H3;1H3/q2*+1;;;;;;-1. The van der Waals surface area contributed by atoms with E-state index in [0.29, 0.717) is 0 Å². The molecular weight excluding hydrogens is 651 g/mol. The van der Waals surface area contributed by atoms with Crippen molar-refractivity contribution < 1.29 is 21.2 Å². The molecule has 0 radical (unpaired) electrons. The molecule has 0 saturated heterocycles. The van der Waals surface area contributed by atoms with E-state index in [2.05, 4.69) is 152 Å². The van der Waals surface area contributed by atoms with Crippen LogP contribution in [0.15, 0.2) is 166 Å². The van der Waals surface area contributed by atoms with E-state index in [1.807, 2.05) is 69.2 Å². The van der Waals surface area contributed by atoms with Crippen molar-refractivity contribution in [3.8, 4) is 0 Å². The quantitative estimate of drug-likeness (QED) is 0.0969. The van der Waals surface area contributed by atoms with E-state index >= 15 is 0 Å². The van der Waals surface area contributed by atoms with E-state index in [4.69, 9.17) is 0 Å². The Morgan fingerprint density at radius 2 is 0.488 bits per heavy atom. The van der Waals surface area contributed by atoms with Gasteiger partial charge in [0.1, 0.15) is 0 Å². The fraction of sp³-hybridized carbons (Fsp3) is 0.244. The van der Waals surface area contributed by atoms with E-state index in [1.165, 1.54) is 21.8 Å². The Bertz CT molecular complexity index is 1030. The fourth-order valence-electron chi connectivity index (χ4n) is 3.16. The lowest BCUT2D eigenvalue weighted by Crippen LogP contribution is -3.61. The Balaban J connectivity index is -0.000000585. The lowest BCUT2D eigenvalue weighted by molar-refractivity contribution is -0.597. The van der Waals surface area contributed by atoms with Gasteiger partial charge in [0.15, 0.2) is 21.8 Å². The molecule has 0 aromatic heterocycles. The highest BCUT2D eigenvalue weighted by Crippen LogP contribution is 2.30. The molecule has 0 unspecified atom stereocenters. The van der Waals surface area contributed by atoms with Crippen molar-refractivity contribution >= 4 is 10.9 Å². The molecular formula is C41H58IS+. The van der Waals surface area contributed by atoms with Crippen LogP contribution in [-0.2, 0) is 10.9 Å². The first kappa shape index (κ1) is 44.6. The summed E-state index contributed by atoms with van der Waals surface area (Å²) < 4.78 is 2.96. The fourth-order valence-corrected chi connectivity index (χ4v) is 7.53. The van der Waals surface area contributed by atoms with Crippen LogP contribution in [0.5, 0.6) is 0 Å². The minimum absolute atomic E-state index is 0. The summed E-state index contributed by atoms with van der Waals surface area (Å²) in [4.78, 5) is 4.08. The summed E-state index contributed by atoms with van der Waals surface area (Å²) in [5.41, 5.74) is 0. The third-order valence-electron chi connectivity index (χ3n) is 4.62. The minimum atomic E-state index is -0.0146. The van der Waals surface area contributed by atoms with Gasteiger partial charge in [-0.3, -0.25) is 0 Å². The van der Waals surface area contributed by atoms with E-state index < -0.39 is 0 Å². The molecule has 0 nitrogen and oxygen atoms in total. The molecule has 0 saturated carbocycles. The van der Waals surface area contributed by atoms with Gasteiger partial charge >= 0.3 is 21.2 Å². The summed E-state index contributed by atoms with van der Waals surface area (Å²) in [6, 6.07) is 53.6. The number of rotatable bonds is 5. The lowest BCUT2D eigenvalue weighted by atomic mass is 10.4. The zero-order valence-electron chi connectivity index (χ0n) is 28.7. The number of hydrogen-bond acceptors (Lipinski definition) is 0. The Labute approximate surface area is 280 Å². The first-order valence-corrected chi connectivity index (χ1v) is 18.9.